The van der Waals surface area contributed by atoms with Crippen LogP contribution in [0.5, 0.6) is 0 Å². The Bertz CT molecular complexity index is 737. The summed E-state index contributed by atoms with van der Waals surface area (Å²) in [5.74, 6) is -0.323. The number of nitrogens with zero attached hydrogens (tertiary/aromatic N) is 1. The van der Waals surface area contributed by atoms with E-state index in [1.54, 1.807) is 0 Å². The van der Waals surface area contributed by atoms with Gasteiger partial charge in [0.25, 0.3) is 0 Å². The predicted molar refractivity (Wildman–Crippen MR) is 118 cm³/mol. The molecule has 160 valence electrons. The largest absolute Gasteiger partial charge is 0.371 e. The van der Waals surface area contributed by atoms with Gasteiger partial charge in [-0.15, -0.1) is 12.4 Å². The Morgan fingerprint density at radius 1 is 1.21 bits per heavy atom. The fourth-order valence-electron chi connectivity index (χ4n) is 3.23. The molecule has 1 heterocycles. The van der Waals surface area contributed by atoms with E-state index in [4.69, 9.17) is 5.73 Å². The van der Waals surface area contributed by atoms with E-state index in [0.717, 1.165) is 32.2 Å². The highest BCUT2D eigenvalue weighted by Crippen LogP contribution is 2.26. The van der Waals surface area contributed by atoms with Crippen LogP contribution in [0.25, 0.3) is 0 Å². The maximum atomic E-state index is 12.2. The first kappa shape index (κ1) is 24.7. The van der Waals surface area contributed by atoms with Gasteiger partial charge in [-0.1, -0.05) is 32.9 Å². The third kappa shape index (κ3) is 7.60. The van der Waals surface area contributed by atoms with Gasteiger partial charge in [0.05, 0.1) is 11.8 Å². The Morgan fingerprint density at radius 2 is 1.75 bits per heavy atom. The predicted octanol–water partition coefficient (Wildman–Crippen LogP) is 2.25. The first-order chi connectivity index (χ1) is 12.5. The molecule has 0 radical (unpaired) electrons. The highest BCUT2D eigenvalue weighted by molar-refractivity contribution is 7.90. The Labute approximate surface area is 175 Å². The van der Waals surface area contributed by atoms with E-state index in [1.807, 2.05) is 0 Å². The molecule has 2 rings (SSSR count). The third-order valence-electron chi connectivity index (χ3n) is 5.08. The second kappa shape index (κ2) is 9.94. The quantitative estimate of drug-likeness (QED) is 0.720. The molecule has 1 saturated heterocycles. The maximum absolute atomic E-state index is 12.2. The highest BCUT2D eigenvalue weighted by atomic mass is 35.5. The van der Waals surface area contributed by atoms with Crippen LogP contribution in [-0.2, 0) is 20.0 Å². The number of benzene rings is 1. The fourth-order valence-corrected chi connectivity index (χ4v) is 3.92. The average molecular weight is 432 g/mol. The van der Waals surface area contributed by atoms with Gasteiger partial charge < -0.3 is 16.0 Å². The number of rotatable bonds is 6. The van der Waals surface area contributed by atoms with E-state index in [2.05, 4.69) is 55.3 Å². The van der Waals surface area contributed by atoms with Crippen LogP contribution >= 0.6 is 12.4 Å². The third-order valence-corrected chi connectivity index (χ3v) is 6.05. The first-order valence-corrected chi connectivity index (χ1v) is 11.6. The van der Waals surface area contributed by atoms with Crippen molar-refractivity contribution in [2.75, 3.05) is 30.0 Å². The molecule has 1 aliphatic rings. The van der Waals surface area contributed by atoms with Crippen molar-refractivity contribution in [2.24, 2.45) is 5.73 Å². The lowest BCUT2D eigenvalue weighted by molar-refractivity contribution is -0.123. The summed E-state index contributed by atoms with van der Waals surface area (Å²) in [6, 6.07) is 8.02. The molecule has 0 aliphatic carbocycles. The average Bonchev–Trinajstić information content (AvgIpc) is 2.59. The summed E-state index contributed by atoms with van der Waals surface area (Å²) in [5, 5.41) is 2.97. The molecule has 3 N–H and O–H groups in total. The van der Waals surface area contributed by atoms with Crippen LogP contribution in [0, 0.1) is 0 Å². The van der Waals surface area contributed by atoms with Crippen molar-refractivity contribution < 1.29 is 13.2 Å². The number of nitrogens with one attached hydrogen (secondary N) is 1. The Hall–Kier alpha value is -1.31. The Kier molecular flexibility index (Phi) is 8.78. The standard InChI is InChI=1S/C20H33N3O3S.ClH/c1-20(2,3)15-5-7-17(8-6-15)23-12-9-16(10-13-23)22-19(24)18(21)11-14-27(4,25)26;/h5-8,16,18H,9-14,21H2,1-4H3,(H,22,24);1H. The van der Waals surface area contributed by atoms with E-state index in [0.29, 0.717) is 0 Å². The van der Waals surface area contributed by atoms with Gasteiger partial charge in [0, 0.05) is 31.1 Å². The highest BCUT2D eigenvalue weighted by Gasteiger charge is 2.24. The van der Waals surface area contributed by atoms with Gasteiger partial charge in [0.2, 0.25) is 5.91 Å². The van der Waals surface area contributed by atoms with Gasteiger partial charge in [-0.05, 0) is 42.4 Å². The molecule has 0 spiro atoms. The second-order valence-corrected chi connectivity index (χ2v) is 10.9. The Morgan fingerprint density at radius 3 is 2.21 bits per heavy atom. The smallest absolute Gasteiger partial charge is 0.237 e. The number of amides is 1. The van der Waals surface area contributed by atoms with Crippen molar-refractivity contribution in [3.8, 4) is 0 Å². The van der Waals surface area contributed by atoms with Crippen LogP contribution in [0.2, 0.25) is 0 Å². The van der Waals surface area contributed by atoms with E-state index < -0.39 is 15.9 Å². The van der Waals surface area contributed by atoms with Gasteiger partial charge >= 0.3 is 0 Å². The maximum Gasteiger partial charge on any atom is 0.237 e. The van der Waals surface area contributed by atoms with Crippen LogP contribution in [-0.4, -0.2) is 51.5 Å². The van der Waals surface area contributed by atoms with E-state index in [9.17, 15) is 13.2 Å². The van der Waals surface area contributed by atoms with E-state index >= 15 is 0 Å². The van der Waals surface area contributed by atoms with Crippen molar-refractivity contribution in [3.05, 3.63) is 29.8 Å². The molecule has 1 unspecified atom stereocenters. The fraction of sp³-hybridized carbons (Fsp3) is 0.650. The van der Waals surface area contributed by atoms with Crippen molar-refractivity contribution in [1.82, 2.24) is 5.32 Å². The van der Waals surface area contributed by atoms with Gasteiger partial charge in [0.1, 0.15) is 9.84 Å². The van der Waals surface area contributed by atoms with Crippen molar-refractivity contribution in [3.63, 3.8) is 0 Å². The molecule has 1 amide bonds. The van der Waals surface area contributed by atoms with Crippen LogP contribution in [0.3, 0.4) is 0 Å². The van der Waals surface area contributed by atoms with Gasteiger partial charge in [-0.25, -0.2) is 8.42 Å². The summed E-state index contributed by atoms with van der Waals surface area (Å²) in [5.41, 5.74) is 8.49. The van der Waals surface area contributed by atoms with Gasteiger partial charge in [0.15, 0.2) is 0 Å². The lowest BCUT2D eigenvalue weighted by Crippen LogP contribution is -2.50. The molecule has 0 saturated carbocycles. The molecule has 28 heavy (non-hydrogen) atoms. The number of nitrogens with two attached hydrogens (primary N) is 1. The number of hydrogen-bond acceptors (Lipinski definition) is 5. The number of sulfone groups is 1. The zero-order valence-electron chi connectivity index (χ0n) is 17.3. The summed E-state index contributed by atoms with van der Waals surface area (Å²) in [6.45, 7) is 8.36. The first-order valence-electron chi connectivity index (χ1n) is 9.55. The van der Waals surface area contributed by atoms with E-state index in [1.165, 1.54) is 11.3 Å². The number of carbonyl (C=O) groups is 1. The lowest BCUT2D eigenvalue weighted by atomic mass is 9.87. The van der Waals surface area contributed by atoms with Crippen molar-refractivity contribution in [1.29, 1.82) is 0 Å². The van der Waals surface area contributed by atoms with Crippen LogP contribution in [0.4, 0.5) is 5.69 Å². The zero-order valence-corrected chi connectivity index (χ0v) is 18.9. The Balaban J connectivity index is 0.00000392. The summed E-state index contributed by atoms with van der Waals surface area (Å²) >= 11 is 0. The number of halogens is 1. The minimum Gasteiger partial charge on any atom is -0.371 e. The minimum absolute atomic E-state index is 0. The van der Waals surface area contributed by atoms with Crippen molar-refractivity contribution >= 4 is 33.8 Å². The minimum atomic E-state index is -3.10. The van der Waals surface area contributed by atoms with Gasteiger partial charge in [-0.2, -0.15) is 0 Å². The molecule has 1 aliphatic heterocycles. The number of hydrogen-bond donors (Lipinski definition) is 2. The number of carbonyl (C=O) groups excluding carboxylic acids is 1. The lowest BCUT2D eigenvalue weighted by Gasteiger charge is -2.34. The molecule has 0 aromatic heterocycles. The van der Waals surface area contributed by atoms with Crippen LogP contribution < -0.4 is 16.0 Å². The molecule has 6 nitrogen and oxygen atoms in total. The molecular weight excluding hydrogens is 398 g/mol. The summed E-state index contributed by atoms with van der Waals surface area (Å²) in [6.07, 6.45) is 3.02. The molecular formula is C20H34ClN3O3S. The zero-order chi connectivity index (χ0) is 20.2. The number of anilines is 1. The summed E-state index contributed by atoms with van der Waals surface area (Å²) < 4.78 is 22.4. The summed E-state index contributed by atoms with van der Waals surface area (Å²) in [7, 11) is -3.10. The molecule has 1 atom stereocenters. The van der Waals surface area contributed by atoms with Crippen LogP contribution in [0.1, 0.15) is 45.6 Å². The SMILES string of the molecule is CC(C)(C)c1ccc(N2CCC(NC(=O)C(N)CCS(C)(=O)=O)CC2)cc1.Cl. The molecule has 1 fully saturated rings. The number of piperidine rings is 1. The topological polar surface area (TPSA) is 92.5 Å². The summed E-state index contributed by atoms with van der Waals surface area (Å²) in [4.78, 5) is 14.5. The monoisotopic (exact) mass is 431 g/mol. The normalized spacial score (nSPS) is 17.0. The van der Waals surface area contributed by atoms with Gasteiger partial charge in [-0.3, -0.25) is 4.79 Å². The van der Waals surface area contributed by atoms with Crippen molar-refractivity contribution in [2.45, 2.75) is 57.5 Å². The second-order valence-electron chi connectivity index (χ2n) is 8.59. The molecule has 1 aromatic rings. The molecule has 0 bridgehead atoms. The van der Waals surface area contributed by atoms with Crippen LogP contribution in [0.15, 0.2) is 24.3 Å². The molecule has 8 heteroatoms. The molecule has 1 aromatic carbocycles. The van der Waals surface area contributed by atoms with E-state index in [-0.39, 0.29) is 41.9 Å².